The lowest BCUT2D eigenvalue weighted by molar-refractivity contribution is -0.137. The van der Waals surface area contributed by atoms with E-state index in [0.717, 1.165) is 12.1 Å². The van der Waals surface area contributed by atoms with E-state index in [1.165, 1.54) is 0 Å². The summed E-state index contributed by atoms with van der Waals surface area (Å²) in [7, 11) is 1.73. The zero-order valence-electron chi connectivity index (χ0n) is 11.9. The number of rotatable bonds is 4. The number of likely N-dealkylation sites (tertiary alicyclic amines) is 1. The van der Waals surface area contributed by atoms with Crippen LogP contribution in [-0.4, -0.2) is 43.2 Å². The molecule has 2 N–H and O–H groups in total. The molecular weight excluding hydrogens is 304 g/mol. The Morgan fingerprint density at radius 2 is 2.14 bits per heavy atom. The highest BCUT2D eigenvalue weighted by molar-refractivity contribution is 5.95. The van der Waals surface area contributed by atoms with E-state index in [-0.39, 0.29) is 36.9 Å². The lowest BCUT2D eigenvalue weighted by Crippen LogP contribution is -2.31. The van der Waals surface area contributed by atoms with Crippen LogP contribution < -0.4 is 10.5 Å². The second-order valence-electron chi connectivity index (χ2n) is 5.31. The van der Waals surface area contributed by atoms with Crippen LogP contribution in [0.15, 0.2) is 18.2 Å². The third kappa shape index (κ3) is 3.68. The molecule has 1 heterocycles. The van der Waals surface area contributed by atoms with Crippen molar-refractivity contribution >= 4 is 5.91 Å². The molecule has 0 spiro atoms. The van der Waals surface area contributed by atoms with Gasteiger partial charge in [-0.1, -0.05) is 0 Å². The molecule has 0 saturated carbocycles. The van der Waals surface area contributed by atoms with Gasteiger partial charge in [0.15, 0.2) is 0 Å². The van der Waals surface area contributed by atoms with Crippen LogP contribution in [0.5, 0.6) is 5.75 Å². The summed E-state index contributed by atoms with van der Waals surface area (Å²) in [5.41, 5.74) is 3.79. The molecular formula is C14H16F4N2O2. The van der Waals surface area contributed by atoms with Gasteiger partial charge in [-0.15, -0.1) is 0 Å². The monoisotopic (exact) mass is 320 g/mol. The number of carbonyl (C=O) groups is 1. The normalized spacial score (nSPS) is 22.8. The summed E-state index contributed by atoms with van der Waals surface area (Å²) in [6.07, 6.45) is -5.25. The molecule has 1 aliphatic heterocycles. The number of hydrogen-bond acceptors (Lipinski definition) is 3. The van der Waals surface area contributed by atoms with Gasteiger partial charge in [-0.25, -0.2) is 4.39 Å². The molecule has 1 aliphatic rings. The Bertz CT molecular complexity index is 562. The van der Waals surface area contributed by atoms with Gasteiger partial charge in [-0.3, -0.25) is 9.69 Å². The van der Waals surface area contributed by atoms with Crippen LogP contribution in [0.4, 0.5) is 17.6 Å². The molecule has 122 valence electrons. The highest BCUT2D eigenvalue weighted by atomic mass is 19.4. The van der Waals surface area contributed by atoms with E-state index in [1.54, 1.807) is 11.9 Å². The van der Waals surface area contributed by atoms with Crippen LogP contribution in [0.3, 0.4) is 0 Å². The van der Waals surface area contributed by atoms with Crippen molar-refractivity contribution in [2.75, 3.05) is 20.2 Å². The smallest absolute Gasteiger partial charge is 0.416 e. The topological polar surface area (TPSA) is 55.6 Å². The van der Waals surface area contributed by atoms with Crippen LogP contribution in [-0.2, 0) is 6.18 Å². The van der Waals surface area contributed by atoms with E-state index in [1.807, 2.05) is 0 Å². The van der Waals surface area contributed by atoms with Gasteiger partial charge in [-0.05, 0) is 31.7 Å². The van der Waals surface area contributed by atoms with E-state index < -0.39 is 23.8 Å². The lowest BCUT2D eigenvalue weighted by atomic mass is 10.1. The highest BCUT2D eigenvalue weighted by Gasteiger charge is 2.33. The number of nitrogens with two attached hydrogens (primary N) is 1. The van der Waals surface area contributed by atoms with E-state index in [0.29, 0.717) is 6.07 Å². The maximum atomic E-state index is 13.2. The highest BCUT2D eigenvalue weighted by Crippen LogP contribution is 2.32. The minimum absolute atomic E-state index is 0.0313. The third-order valence-electron chi connectivity index (χ3n) is 3.64. The summed E-state index contributed by atoms with van der Waals surface area (Å²) < 4.78 is 56.6. The molecule has 0 radical (unpaired) electrons. The van der Waals surface area contributed by atoms with Gasteiger partial charge in [0.05, 0.1) is 11.1 Å². The average Bonchev–Trinajstić information content (AvgIpc) is 2.73. The molecule has 0 bridgehead atoms. The number of nitrogens with zero attached hydrogens (tertiary/aromatic N) is 1. The molecule has 1 amide bonds. The van der Waals surface area contributed by atoms with Crippen molar-refractivity contribution in [1.29, 1.82) is 0 Å². The van der Waals surface area contributed by atoms with Gasteiger partial charge in [0, 0.05) is 12.6 Å². The Kier molecular flexibility index (Phi) is 4.60. The summed E-state index contributed by atoms with van der Waals surface area (Å²) >= 11 is 0. The van der Waals surface area contributed by atoms with Crippen molar-refractivity contribution in [3.8, 4) is 5.75 Å². The Morgan fingerprint density at radius 1 is 1.45 bits per heavy atom. The molecule has 1 aromatic carbocycles. The number of alkyl halides is 4. The molecule has 1 saturated heterocycles. The Morgan fingerprint density at radius 3 is 2.64 bits per heavy atom. The molecule has 1 aromatic rings. The molecule has 1 fully saturated rings. The number of benzene rings is 1. The number of halogens is 4. The minimum atomic E-state index is -4.57. The fourth-order valence-corrected chi connectivity index (χ4v) is 2.42. The standard InChI is InChI=1S/C14H16F4N2O2/c1-20-6-9(15)5-10(20)7-22-12-3-2-8(14(16,17)18)4-11(12)13(19)21/h2-4,9-10H,5-7H2,1H3,(H2,19,21)/t9-,10+/m1/s1. The first-order valence-corrected chi connectivity index (χ1v) is 6.66. The van der Waals surface area contributed by atoms with Crippen LogP contribution in [0.1, 0.15) is 22.3 Å². The third-order valence-corrected chi connectivity index (χ3v) is 3.64. The van der Waals surface area contributed by atoms with Gasteiger partial charge in [0.1, 0.15) is 18.5 Å². The number of hydrogen-bond donors (Lipinski definition) is 1. The van der Waals surface area contributed by atoms with Crippen LogP contribution >= 0.6 is 0 Å². The zero-order chi connectivity index (χ0) is 16.5. The Labute approximate surface area is 124 Å². The van der Waals surface area contributed by atoms with Crippen LogP contribution in [0.2, 0.25) is 0 Å². The predicted molar refractivity (Wildman–Crippen MR) is 71.4 cm³/mol. The largest absolute Gasteiger partial charge is 0.491 e. The Balaban J connectivity index is 2.15. The molecule has 0 unspecified atom stereocenters. The summed E-state index contributed by atoms with van der Waals surface area (Å²) in [5, 5.41) is 0. The quantitative estimate of drug-likeness (QED) is 0.866. The number of likely N-dealkylation sites (N-methyl/N-ethyl adjacent to an activating group) is 1. The molecule has 0 aromatic heterocycles. The second-order valence-corrected chi connectivity index (χ2v) is 5.31. The van der Waals surface area contributed by atoms with E-state index in [2.05, 4.69) is 0 Å². The van der Waals surface area contributed by atoms with Gasteiger partial charge >= 0.3 is 6.18 Å². The fraction of sp³-hybridized carbons (Fsp3) is 0.500. The first-order chi connectivity index (χ1) is 10.2. The van der Waals surface area contributed by atoms with Crippen LogP contribution in [0, 0.1) is 0 Å². The van der Waals surface area contributed by atoms with Gasteiger partial charge in [-0.2, -0.15) is 13.2 Å². The van der Waals surface area contributed by atoms with Gasteiger partial charge in [0.25, 0.3) is 5.91 Å². The number of ether oxygens (including phenoxy) is 1. The number of carbonyl (C=O) groups excluding carboxylic acids is 1. The average molecular weight is 320 g/mol. The van der Waals surface area contributed by atoms with E-state index >= 15 is 0 Å². The molecule has 0 aliphatic carbocycles. The minimum Gasteiger partial charge on any atom is -0.491 e. The molecule has 2 rings (SSSR count). The maximum absolute atomic E-state index is 13.2. The van der Waals surface area contributed by atoms with Crippen molar-refractivity contribution < 1.29 is 27.1 Å². The second kappa shape index (κ2) is 6.12. The first kappa shape index (κ1) is 16.5. The van der Waals surface area contributed by atoms with Gasteiger partial charge in [0.2, 0.25) is 0 Å². The van der Waals surface area contributed by atoms with Gasteiger partial charge < -0.3 is 10.5 Å². The van der Waals surface area contributed by atoms with E-state index in [9.17, 15) is 22.4 Å². The SMILES string of the molecule is CN1C[C@H](F)C[C@H]1COc1ccc(C(F)(F)F)cc1C(N)=O. The van der Waals surface area contributed by atoms with Crippen molar-refractivity contribution in [2.45, 2.75) is 24.8 Å². The Hall–Kier alpha value is -1.83. The molecule has 8 heteroatoms. The van der Waals surface area contributed by atoms with Crippen molar-refractivity contribution in [3.05, 3.63) is 29.3 Å². The lowest BCUT2D eigenvalue weighted by Gasteiger charge is -2.20. The summed E-state index contributed by atoms with van der Waals surface area (Å²) in [6.45, 7) is 0.353. The fourth-order valence-electron chi connectivity index (χ4n) is 2.42. The predicted octanol–water partition coefficient (Wildman–Crippen LogP) is 2.23. The van der Waals surface area contributed by atoms with Crippen molar-refractivity contribution in [3.63, 3.8) is 0 Å². The molecule has 22 heavy (non-hydrogen) atoms. The van der Waals surface area contributed by atoms with E-state index in [4.69, 9.17) is 10.5 Å². The van der Waals surface area contributed by atoms with Crippen molar-refractivity contribution in [2.24, 2.45) is 5.73 Å². The van der Waals surface area contributed by atoms with Crippen molar-refractivity contribution in [1.82, 2.24) is 4.90 Å². The van der Waals surface area contributed by atoms with Crippen LogP contribution in [0.25, 0.3) is 0 Å². The summed E-state index contributed by atoms with van der Waals surface area (Å²) in [4.78, 5) is 13.1. The summed E-state index contributed by atoms with van der Waals surface area (Å²) in [5.74, 6) is -1.04. The zero-order valence-corrected chi connectivity index (χ0v) is 11.9. The molecule has 4 nitrogen and oxygen atoms in total. The summed E-state index contributed by atoms with van der Waals surface area (Å²) in [6, 6.07) is 2.34. The number of amides is 1. The number of primary amides is 1. The first-order valence-electron chi connectivity index (χ1n) is 6.66. The maximum Gasteiger partial charge on any atom is 0.416 e. The molecule has 2 atom stereocenters.